The highest BCUT2D eigenvalue weighted by Crippen LogP contribution is 2.21. The zero-order valence-electron chi connectivity index (χ0n) is 10.3. The van der Waals surface area contributed by atoms with Crippen LogP contribution in [0.5, 0.6) is 0 Å². The summed E-state index contributed by atoms with van der Waals surface area (Å²) < 4.78 is 4.89. The summed E-state index contributed by atoms with van der Waals surface area (Å²) in [5.74, 6) is -0.710. The molecule has 0 saturated carbocycles. The second-order valence-electron chi connectivity index (χ2n) is 3.60. The van der Waals surface area contributed by atoms with Crippen LogP contribution in [0.15, 0.2) is 5.51 Å². The highest BCUT2D eigenvalue weighted by molar-refractivity contribution is 7.14. The zero-order valence-corrected chi connectivity index (χ0v) is 11.1. The number of primary amides is 1. The lowest BCUT2D eigenvalue weighted by molar-refractivity contribution is -0.118. The topological polar surface area (TPSA) is 94.3 Å². The first-order valence-corrected chi connectivity index (χ1v) is 6.66. The molecular formula is C11H17N3O3S. The molecular weight excluding hydrogens is 254 g/mol. The molecule has 0 fully saturated rings. The van der Waals surface area contributed by atoms with Gasteiger partial charge in [0.25, 0.3) is 0 Å². The lowest BCUT2D eigenvalue weighted by atomic mass is 10.2. The SMILES string of the molecule is CCOC(=O)c1ncsc1NCCCCC(N)=O. The fourth-order valence-corrected chi connectivity index (χ4v) is 2.04. The molecule has 0 aliphatic carbocycles. The van der Waals surface area contributed by atoms with Crippen molar-refractivity contribution < 1.29 is 14.3 Å². The zero-order chi connectivity index (χ0) is 13.4. The van der Waals surface area contributed by atoms with Gasteiger partial charge in [-0.05, 0) is 19.8 Å². The largest absolute Gasteiger partial charge is 0.461 e. The maximum Gasteiger partial charge on any atom is 0.360 e. The van der Waals surface area contributed by atoms with Gasteiger partial charge in [0.1, 0.15) is 5.00 Å². The standard InChI is InChI=1S/C11H17N3O3S/c1-2-17-11(16)9-10(18-7-14-9)13-6-4-3-5-8(12)15/h7,13H,2-6H2,1H3,(H2,12,15). The molecule has 1 aromatic heterocycles. The number of unbranched alkanes of at least 4 members (excludes halogenated alkanes) is 1. The van der Waals surface area contributed by atoms with Crippen LogP contribution in [0.4, 0.5) is 5.00 Å². The van der Waals surface area contributed by atoms with E-state index in [-0.39, 0.29) is 5.91 Å². The van der Waals surface area contributed by atoms with Gasteiger partial charge in [0.15, 0.2) is 5.69 Å². The van der Waals surface area contributed by atoms with Crippen LogP contribution in [0, 0.1) is 0 Å². The van der Waals surface area contributed by atoms with E-state index in [1.54, 1.807) is 12.4 Å². The minimum absolute atomic E-state index is 0.292. The number of nitrogens with zero attached hydrogens (tertiary/aromatic N) is 1. The molecule has 100 valence electrons. The Labute approximate surface area is 110 Å². The molecule has 6 nitrogen and oxygen atoms in total. The van der Waals surface area contributed by atoms with Crippen LogP contribution in [0.2, 0.25) is 0 Å². The van der Waals surface area contributed by atoms with Gasteiger partial charge in [-0.3, -0.25) is 4.79 Å². The Morgan fingerprint density at radius 2 is 2.28 bits per heavy atom. The molecule has 18 heavy (non-hydrogen) atoms. The van der Waals surface area contributed by atoms with Crippen molar-refractivity contribution in [3.05, 3.63) is 11.2 Å². The summed E-state index contributed by atoms with van der Waals surface area (Å²) in [7, 11) is 0. The average molecular weight is 271 g/mol. The lowest BCUT2D eigenvalue weighted by Gasteiger charge is -2.05. The number of esters is 1. The monoisotopic (exact) mass is 271 g/mol. The van der Waals surface area contributed by atoms with Gasteiger partial charge < -0.3 is 15.8 Å². The van der Waals surface area contributed by atoms with E-state index in [9.17, 15) is 9.59 Å². The Bertz CT molecular complexity index is 406. The number of nitrogens with one attached hydrogen (secondary N) is 1. The van der Waals surface area contributed by atoms with Crippen LogP contribution in [0.3, 0.4) is 0 Å². The normalized spacial score (nSPS) is 10.1. The predicted octanol–water partition coefficient (Wildman–Crippen LogP) is 1.39. The molecule has 0 saturated heterocycles. The summed E-state index contributed by atoms with van der Waals surface area (Å²) in [6.45, 7) is 2.75. The van der Waals surface area contributed by atoms with Crippen LogP contribution in [0.25, 0.3) is 0 Å². The van der Waals surface area contributed by atoms with Gasteiger partial charge in [-0.1, -0.05) is 0 Å². The van der Waals surface area contributed by atoms with E-state index < -0.39 is 5.97 Å². The Kier molecular flexibility index (Phi) is 6.13. The number of carbonyl (C=O) groups excluding carboxylic acids is 2. The molecule has 1 aromatic rings. The van der Waals surface area contributed by atoms with E-state index in [2.05, 4.69) is 10.3 Å². The lowest BCUT2D eigenvalue weighted by Crippen LogP contribution is -2.12. The van der Waals surface area contributed by atoms with Gasteiger partial charge in [-0.15, -0.1) is 11.3 Å². The Balaban J connectivity index is 2.36. The molecule has 0 aliphatic heterocycles. The summed E-state index contributed by atoms with van der Waals surface area (Å²) in [5.41, 5.74) is 6.95. The van der Waals surface area contributed by atoms with Gasteiger partial charge in [0.2, 0.25) is 5.91 Å². The third-order valence-electron chi connectivity index (χ3n) is 2.17. The summed E-state index contributed by atoms with van der Waals surface area (Å²) in [4.78, 5) is 26.0. The summed E-state index contributed by atoms with van der Waals surface area (Å²) in [5, 5.41) is 3.81. The molecule has 1 heterocycles. The van der Waals surface area contributed by atoms with E-state index in [0.29, 0.717) is 30.3 Å². The number of nitrogens with two attached hydrogens (primary N) is 1. The fourth-order valence-electron chi connectivity index (χ4n) is 1.34. The van der Waals surface area contributed by atoms with Crippen LogP contribution in [-0.4, -0.2) is 30.0 Å². The van der Waals surface area contributed by atoms with Gasteiger partial charge in [0.05, 0.1) is 12.1 Å². The third kappa shape index (κ3) is 4.70. The molecule has 0 aromatic carbocycles. The van der Waals surface area contributed by atoms with E-state index in [1.807, 2.05) is 0 Å². The van der Waals surface area contributed by atoms with E-state index in [1.165, 1.54) is 11.3 Å². The predicted molar refractivity (Wildman–Crippen MR) is 69.6 cm³/mol. The highest BCUT2D eigenvalue weighted by Gasteiger charge is 2.15. The number of anilines is 1. The van der Waals surface area contributed by atoms with Crippen LogP contribution in [0.1, 0.15) is 36.7 Å². The van der Waals surface area contributed by atoms with Crippen molar-refractivity contribution in [2.24, 2.45) is 5.73 Å². The van der Waals surface area contributed by atoms with E-state index in [0.717, 1.165) is 12.8 Å². The van der Waals surface area contributed by atoms with Crippen molar-refractivity contribution in [1.82, 2.24) is 4.98 Å². The number of thiazole rings is 1. The second-order valence-corrected chi connectivity index (χ2v) is 4.46. The summed E-state index contributed by atoms with van der Waals surface area (Å²) >= 11 is 1.35. The second kappa shape index (κ2) is 7.65. The first-order chi connectivity index (χ1) is 8.65. The molecule has 1 rings (SSSR count). The van der Waals surface area contributed by atoms with Gasteiger partial charge >= 0.3 is 5.97 Å². The molecule has 0 radical (unpaired) electrons. The summed E-state index contributed by atoms with van der Waals surface area (Å²) in [6.07, 6.45) is 1.92. The number of rotatable bonds is 8. The Morgan fingerprint density at radius 1 is 1.50 bits per heavy atom. The van der Waals surface area contributed by atoms with Crippen molar-refractivity contribution in [3.8, 4) is 0 Å². The van der Waals surface area contributed by atoms with Crippen molar-refractivity contribution >= 4 is 28.2 Å². The maximum absolute atomic E-state index is 11.5. The third-order valence-corrected chi connectivity index (χ3v) is 2.96. The van der Waals surface area contributed by atoms with Crippen molar-refractivity contribution in [3.63, 3.8) is 0 Å². The van der Waals surface area contributed by atoms with Crippen LogP contribution < -0.4 is 11.1 Å². The van der Waals surface area contributed by atoms with Crippen molar-refractivity contribution in [2.45, 2.75) is 26.2 Å². The van der Waals surface area contributed by atoms with Crippen molar-refractivity contribution in [2.75, 3.05) is 18.5 Å². The Hall–Kier alpha value is -1.63. The number of hydrogen-bond acceptors (Lipinski definition) is 6. The highest BCUT2D eigenvalue weighted by atomic mass is 32.1. The molecule has 0 unspecified atom stereocenters. The quantitative estimate of drug-likeness (QED) is 0.550. The maximum atomic E-state index is 11.5. The molecule has 0 aliphatic rings. The Morgan fingerprint density at radius 3 is 2.94 bits per heavy atom. The molecule has 7 heteroatoms. The number of amides is 1. The summed E-state index contributed by atoms with van der Waals surface area (Å²) in [6, 6.07) is 0. The minimum Gasteiger partial charge on any atom is -0.461 e. The van der Waals surface area contributed by atoms with E-state index >= 15 is 0 Å². The van der Waals surface area contributed by atoms with Crippen LogP contribution in [-0.2, 0) is 9.53 Å². The smallest absolute Gasteiger partial charge is 0.360 e. The number of carbonyl (C=O) groups is 2. The van der Waals surface area contributed by atoms with Crippen LogP contribution >= 0.6 is 11.3 Å². The van der Waals surface area contributed by atoms with Crippen molar-refractivity contribution in [1.29, 1.82) is 0 Å². The average Bonchev–Trinajstić information content (AvgIpc) is 2.77. The van der Waals surface area contributed by atoms with Gasteiger partial charge in [0, 0.05) is 13.0 Å². The molecule has 3 N–H and O–H groups in total. The first kappa shape index (κ1) is 14.4. The number of aromatic nitrogens is 1. The van der Waals surface area contributed by atoms with Gasteiger partial charge in [-0.2, -0.15) is 0 Å². The number of hydrogen-bond donors (Lipinski definition) is 2. The fraction of sp³-hybridized carbons (Fsp3) is 0.545. The number of ether oxygens (including phenoxy) is 1. The first-order valence-electron chi connectivity index (χ1n) is 5.78. The molecule has 0 spiro atoms. The molecule has 1 amide bonds. The molecule has 0 atom stereocenters. The minimum atomic E-state index is -0.418. The van der Waals surface area contributed by atoms with E-state index in [4.69, 9.17) is 10.5 Å². The molecule has 0 bridgehead atoms. The van der Waals surface area contributed by atoms with Gasteiger partial charge in [-0.25, -0.2) is 9.78 Å².